The first-order valence-electron chi connectivity index (χ1n) is 9.93. The summed E-state index contributed by atoms with van der Waals surface area (Å²) in [6, 6.07) is 11.8. The Bertz CT molecular complexity index is 1230. The predicted octanol–water partition coefficient (Wildman–Crippen LogP) is 2.35. The number of rotatable bonds is 9. The Morgan fingerprint density at radius 3 is 2.38 bits per heavy atom. The van der Waals surface area contributed by atoms with E-state index < -0.39 is 30.8 Å². The van der Waals surface area contributed by atoms with E-state index in [-0.39, 0.29) is 28.5 Å². The van der Waals surface area contributed by atoms with Gasteiger partial charge in [-0.25, -0.2) is 4.98 Å². The van der Waals surface area contributed by atoms with Gasteiger partial charge < -0.3 is 34.4 Å². The van der Waals surface area contributed by atoms with E-state index in [1.165, 1.54) is 33.5 Å². The third kappa shape index (κ3) is 5.18. The lowest BCUT2D eigenvalue weighted by Crippen LogP contribution is -2.31. The molecule has 0 aliphatic carbocycles. The lowest BCUT2D eigenvalue weighted by Gasteiger charge is -2.14. The quantitative estimate of drug-likeness (QED) is 0.245. The first-order chi connectivity index (χ1) is 16.4. The first kappa shape index (κ1) is 23.9. The van der Waals surface area contributed by atoms with Crippen molar-refractivity contribution in [1.82, 2.24) is 15.3 Å². The van der Waals surface area contributed by atoms with Gasteiger partial charge in [-0.05, 0) is 24.3 Å². The number of hydrogen-bond acceptors (Lipinski definition) is 9. The Balaban J connectivity index is 1.62. The molecule has 176 valence electrons. The van der Waals surface area contributed by atoms with Gasteiger partial charge in [0, 0.05) is 5.56 Å². The molecule has 0 spiro atoms. The summed E-state index contributed by atoms with van der Waals surface area (Å²) in [5.41, 5.74) is 1.31. The summed E-state index contributed by atoms with van der Waals surface area (Å²) in [6.07, 6.45) is 0. The van der Waals surface area contributed by atoms with Gasteiger partial charge in [-0.15, -0.1) is 0 Å². The third-order valence-corrected chi connectivity index (χ3v) is 4.72. The molecule has 0 bridgehead atoms. The van der Waals surface area contributed by atoms with Crippen LogP contribution < -0.4 is 19.5 Å². The second kappa shape index (κ2) is 10.7. The fraction of sp³-hybridized carbons (Fsp3) is 0.217. The molecule has 1 aromatic heterocycles. The molecular formula is C23H22N4O7. The van der Waals surface area contributed by atoms with Gasteiger partial charge in [0.05, 0.1) is 32.4 Å². The van der Waals surface area contributed by atoms with Gasteiger partial charge in [-0.1, -0.05) is 12.1 Å². The highest BCUT2D eigenvalue weighted by Gasteiger charge is 2.18. The summed E-state index contributed by atoms with van der Waals surface area (Å²) in [4.78, 5) is 31.7. The highest BCUT2D eigenvalue weighted by Crippen LogP contribution is 2.38. The van der Waals surface area contributed by atoms with E-state index in [2.05, 4.69) is 15.3 Å². The highest BCUT2D eigenvalue weighted by molar-refractivity contribution is 5.97. The van der Waals surface area contributed by atoms with Crippen LogP contribution in [0, 0.1) is 11.3 Å². The number of aromatic amines is 1. The summed E-state index contributed by atoms with van der Waals surface area (Å²) >= 11 is 0. The lowest BCUT2D eigenvalue weighted by molar-refractivity contribution is -0.142. The first-order valence-corrected chi connectivity index (χ1v) is 9.93. The number of nitriles is 1. The van der Waals surface area contributed by atoms with Crippen LogP contribution in [0.2, 0.25) is 0 Å². The number of aliphatic hydroxyl groups is 1. The average molecular weight is 466 g/mol. The molecule has 1 heterocycles. The number of para-hydroxylation sites is 2. The van der Waals surface area contributed by atoms with E-state index >= 15 is 0 Å². The van der Waals surface area contributed by atoms with Crippen LogP contribution in [0.1, 0.15) is 16.2 Å². The molecule has 0 aliphatic heterocycles. The summed E-state index contributed by atoms with van der Waals surface area (Å²) < 4.78 is 20.6. The second-order valence-electron chi connectivity index (χ2n) is 6.79. The van der Waals surface area contributed by atoms with Gasteiger partial charge in [0.25, 0.3) is 5.91 Å². The van der Waals surface area contributed by atoms with Gasteiger partial charge in [0.15, 0.2) is 23.1 Å². The number of carbonyl (C=O) groups excluding carboxylic acids is 2. The SMILES string of the molecule is COc1cc(C(=O)NCC(=O)OCC(O)=C(C#N)c2nc3ccccc3[nH]2)cc(OC)c1OC. The van der Waals surface area contributed by atoms with E-state index in [1.807, 2.05) is 6.07 Å². The van der Waals surface area contributed by atoms with Crippen molar-refractivity contribution in [2.45, 2.75) is 0 Å². The fourth-order valence-corrected chi connectivity index (χ4v) is 3.06. The maximum Gasteiger partial charge on any atom is 0.325 e. The molecule has 2 aromatic carbocycles. The molecule has 11 heteroatoms. The molecule has 3 aromatic rings. The van der Waals surface area contributed by atoms with Crippen molar-refractivity contribution in [2.24, 2.45) is 0 Å². The van der Waals surface area contributed by atoms with Gasteiger partial charge in [0.2, 0.25) is 5.75 Å². The van der Waals surface area contributed by atoms with Crippen molar-refractivity contribution in [1.29, 1.82) is 5.26 Å². The monoisotopic (exact) mass is 466 g/mol. The van der Waals surface area contributed by atoms with Crippen LogP contribution in [0.15, 0.2) is 42.2 Å². The number of nitrogens with one attached hydrogen (secondary N) is 2. The van der Waals surface area contributed by atoms with E-state index in [0.29, 0.717) is 16.8 Å². The van der Waals surface area contributed by atoms with E-state index in [9.17, 15) is 20.0 Å². The Morgan fingerprint density at radius 1 is 1.12 bits per heavy atom. The number of imidazole rings is 1. The number of allylic oxidation sites excluding steroid dienone is 1. The minimum atomic E-state index is -0.825. The number of fused-ring (bicyclic) bond motifs is 1. The van der Waals surface area contributed by atoms with Crippen molar-refractivity contribution >= 4 is 28.5 Å². The zero-order valence-corrected chi connectivity index (χ0v) is 18.7. The predicted molar refractivity (Wildman–Crippen MR) is 121 cm³/mol. The molecule has 0 saturated heterocycles. The molecule has 0 unspecified atom stereocenters. The van der Waals surface area contributed by atoms with Gasteiger partial charge in [-0.3, -0.25) is 9.59 Å². The highest BCUT2D eigenvalue weighted by atomic mass is 16.5. The molecule has 0 fully saturated rings. The Hall–Kier alpha value is -4.72. The third-order valence-electron chi connectivity index (χ3n) is 4.72. The lowest BCUT2D eigenvalue weighted by atomic mass is 10.1. The summed E-state index contributed by atoms with van der Waals surface area (Å²) in [5, 5.41) is 22.1. The van der Waals surface area contributed by atoms with E-state index in [4.69, 9.17) is 18.9 Å². The molecule has 0 aliphatic rings. The normalized spacial score (nSPS) is 11.2. The standard InChI is InChI=1S/C23H22N4O7/c1-31-18-8-13(9-19(32-2)21(18)33-3)23(30)25-11-20(29)34-12-17(28)14(10-24)22-26-15-6-4-5-7-16(15)27-22/h4-9,28H,11-12H2,1-3H3,(H,25,30)(H,26,27). The topological polar surface area (TPSA) is 156 Å². The summed E-state index contributed by atoms with van der Waals surface area (Å²) in [6.45, 7) is -1.05. The van der Waals surface area contributed by atoms with Crippen LogP contribution in [0.25, 0.3) is 16.6 Å². The van der Waals surface area contributed by atoms with Crippen molar-refractivity contribution < 1.29 is 33.6 Å². The minimum absolute atomic E-state index is 0.146. The van der Waals surface area contributed by atoms with Crippen molar-refractivity contribution in [3.63, 3.8) is 0 Å². The van der Waals surface area contributed by atoms with Gasteiger partial charge in [-0.2, -0.15) is 5.26 Å². The number of hydrogen-bond donors (Lipinski definition) is 3. The van der Waals surface area contributed by atoms with E-state index in [1.54, 1.807) is 24.3 Å². The Kier molecular flexibility index (Phi) is 7.56. The number of amides is 1. The smallest absolute Gasteiger partial charge is 0.325 e. The maximum absolute atomic E-state index is 12.5. The molecule has 34 heavy (non-hydrogen) atoms. The van der Waals surface area contributed by atoms with Crippen LogP contribution in [-0.2, 0) is 9.53 Å². The van der Waals surface area contributed by atoms with Crippen molar-refractivity contribution in [3.8, 4) is 23.3 Å². The Morgan fingerprint density at radius 2 is 1.79 bits per heavy atom. The number of benzene rings is 2. The zero-order chi connectivity index (χ0) is 24.7. The Labute approximate surface area is 194 Å². The molecule has 11 nitrogen and oxygen atoms in total. The number of methoxy groups -OCH3 is 3. The van der Waals surface area contributed by atoms with Crippen LogP contribution in [0.4, 0.5) is 0 Å². The van der Waals surface area contributed by atoms with Crippen LogP contribution in [0.3, 0.4) is 0 Å². The number of nitrogens with zero attached hydrogens (tertiary/aromatic N) is 2. The van der Waals surface area contributed by atoms with Gasteiger partial charge >= 0.3 is 5.97 Å². The van der Waals surface area contributed by atoms with Crippen molar-refractivity contribution in [2.75, 3.05) is 34.5 Å². The van der Waals surface area contributed by atoms with Gasteiger partial charge in [0.1, 0.15) is 24.8 Å². The van der Waals surface area contributed by atoms with E-state index in [0.717, 1.165) is 0 Å². The maximum atomic E-state index is 12.5. The molecule has 1 amide bonds. The van der Waals surface area contributed by atoms with Crippen LogP contribution >= 0.6 is 0 Å². The molecule has 0 radical (unpaired) electrons. The molecule has 0 atom stereocenters. The number of H-pyrrole nitrogens is 1. The molecule has 3 N–H and O–H groups in total. The molecule has 0 saturated carbocycles. The largest absolute Gasteiger partial charge is 0.507 e. The second-order valence-corrected chi connectivity index (χ2v) is 6.79. The average Bonchev–Trinajstić information content (AvgIpc) is 3.29. The number of carbonyl (C=O) groups is 2. The fourth-order valence-electron chi connectivity index (χ4n) is 3.06. The zero-order valence-electron chi connectivity index (χ0n) is 18.7. The molecular weight excluding hydrogens is 444 g/mol. The number of aromatic nitrogens is 2. The number of ether oxygens (including phenoxy) is 4. The minimum Gasteiger partial charge on any atom is -0.507 e. The summed E-state index contributed by atoms with van der Waals surface area (Å²) in [7, 11) is 4.26. The number of aliphatic hydroxyl groups excluding tert-OH is 1. The van der Waals surface area contributed by atoms with Crippen molar-refractivity contribution in [3.05, 3.63) is 53.5 Å². The number of esters is 1. The summed E-state index contributed by atoms with van der Waals surface area (Å²) in [5.74, 6) is -0.872. The molecule has 3 rings (SSSR count). The van der Waals surface area contributed by atoms with Crippen LogP contribution in [-0.4, -0.2) is 61.4 Å². The van der Waals surface area contributed by atoms with Crippen LogP contribution in [0.5, 0.6) is 17.2 Å².